The van der Waals surface area contributed by atoms with E-state index in [4.69, 9.17) is 0 Å². The summed E-state index contributed by atoms with van der Waals surface area (Å²) in [5.41, 5.74) is 0. The molecular weight excluding hydrogens is 188 g/mol. The first kappa shape index (κ1) is 9.64. The standard InChI is InChI=1S/C12H20N2O/c1-8-2-11(8)12(15)14-6-9-3-10(7-14)5-13-4-9/h8-11,13H,2-7H2,1H3/t8-,9?,10?,11+/m0/s1. The van der Waals surface area contributed by atoms with Gasteiger partial charge in [-0.1, -0.05) is 6.92 Å². The lowest BCUT2D eigenvalue weighted by Crippen LogP contribution is -2.53. The third-order valence-electron chi connectivity index (χ3n) is 4.23. The lowest BCUT2D eigenvalue weighted by molar-refractivity contribution is -0.136. The summed E-state index contributed by atoms with van der Waals surface area (Å²) in [7, 11) is 0. The third-order valence-corrected chi connectivity index (χ3v) is 4.23. The molecule has 2 unspecified atom stereocenters. The molecule has 3 nitrogen and oxygen atoms in total. The van der Waals surface area contributed by atoms with Gasteiger partial charge < -0.3 is 10.2 Å². The highest BCUT2D eigenvalue weighted by molar-refractivity contribution is 5.81. The Kier molecular flexibility index (Phi) is 2.23. The molecule has 15 heavy (non-hydrogen) atoms. The van der Waals surface area contributed by atoms with Crippen LogP contribution in [0.25, 0.3) is 0 Å². The van der Waals surface area contributed by atoms with Gasteiger partial charge in [0.15, 0.2) is 0 Å². The molecule has 1 saturated carbocycles. The van der Waals surface area contributed by atoms with Crippen molar-refractivity contribution < 1.29 is 4.79 Å². The zero-order valence-electron chi connectivity index (χ0n) is 9.41. The lowest BCUT2D eigenvalue weighted by atomic mass is 9.85. The van der Waals surface area contributed by atoms with E-state index in [-0.39, 0.29) is 0 Å². The minimum Gasteiger partial charge on any atom is -0.342 e. The second kappa shape index (κ2) is 3.48. The summed E-state index contributed by atoms with van der Waals surface area (Å²) < 4.78 is 0. The smallest absolute Gasteiger partial charge is 0.225 e. The molecule has 3 rings (SSSR count). The van der Waals surface area contributed by atoms with E-state index in [2.05, 4.69) is 17.1 Å². The molecule has 0 spiro atoms. The second-order valence-electron chi connectivity index (χ2n) is 5.69. The van der Waals surface area contributed by atoms with E-state index < -0.39 is 0 Å². The van der Waals surface area contributed by atoms with Crippen LogP contribution in [0.2, 0.25) is 0 Å². The highest BCUT2D eigenvalue weighted by Crippen LogP contribution is 2.40. The van der Waals surface area contributed by atoms with Crippen molar-refractivity contribution in [2.24, 2.45) is 23.7 Å². The number of nitrogens with zero attached hydrogens (tertiary/aromatic N) is 1. The zero-order valence-corrected chi connectivity index (χ0v) is 9.41. The van der Waals surface area contributed by atoms with Crippen molar-refractivity contribution in [1.82, 2.24) is 10.2 Å². The molecule has 0 radical (unpaired) electrons. The van der Waals surface area contributed by atoms with Crippen LogP contribution in [0, 0.1) is 23.7 Å². The van der Waals surface area contributed by atoms with Gasteiger partial charge in [-0.3, -0.25) is 4.79 Å². The van der Waals surface area contributed by atoms with Crippen molar-refractivity contribution in [2.45, 2.75) is 19.8 Å². The van der Waals surface area contributed by atoms with Gasteiger partial charge in [0.2, 0.25) is 5.91 Å². The maximum Gasteiger partial charge on any atom is 0.225 e. The van der Waals surface area contributed by atoms with Crippen LogP contribution in [-0.4, -0.2) is 37.0 Å². The molecule has 4 atom stereocenters. The molecule has 84 valence electrons. The Morgan fingerprint density at radius 3 is 2.33 bits per heavy atom. The third kappa shape index (κ3) is 1.78. The van der Waals surface area contributed by atoms with Gasteiger partial charge >= 0.3 is 0 Å². The summed E-state index contributed by atoms with van der Waals surface area (Å²) in [4.78, 5) is 14.3. The van der Waals surface area contributed by atoms with Gasteiger partial charge in [0.25, 0.3) is 0 Å². The average molecular weight is 208 g/mol. The van der Waals surface area contributed by atoms with Crippen LogP contribution >= 0.6 is 0 Å². The van der Waals surface area contributed by atoms with Crippen molar-refractivity contribution >= 4 is 5.91 Å². The SMILES string of the molecule is C[C@H]1C[C@H]1C(=O)N1CC2CNCC(C2)C1. The van der Waals surface area contributed by atoms with Gasteiger partial charge in [-0.15, -0.1) is 0 Å². The van der Waals surface area contributed by atoms with Gasteiger partial charge in [-0.2, -0.15) is 0 Å². The van der Waals surface area contributed by atoms with Crippen LogP contribution in [0.3, 0.4) is 0 Å². The van der Waals surface area contributed by atoms with Crippen LogP contribution in [0.4, 0.5) is 0 Å². The maximum absolute atomic E-state index is 12.1. The van der Waals surface area contributed by atoms with Crippen molar-refractivity contribution in [1.29, 1.82) is 0 Å². The molecule has 3 heteroatoms. The van der Waals surface area contributed by atoms with E-state index in [0.717, 1.165) is 44.4 Å². The Morgan fingerprint density at radius 1 is 1.20 bits per heavy atom. The Morgan fingerprint density at radius 2 is 1.80 bits per heavy atom. The molecule has 0 aromatic heterocycles. The van der Waals surface area contributed by atoms with E-state index in [1.54, 1.807) is 0 Å². The maximum atomic E-state index is 12.1. The predicted molar refractivity (Wildman–Crippen MR) is 58.3 cm³/mol. The van der Waals surface area contributed by atoms with E-state index >= 15 is 0 Å². The largest absolute Gasteiger partial charge is 0.342 e. The number of nitrogens with one attached hydrogen (secondary N) is 1. The molecule has 0 aromatic carbocycles. The lowest BCUT2D eigenvalue weighted by Gasteiger charge is -2.41. The molecule has 2 heterocycles. The van der Waals surface area contributed by atoms with Crippen molar-refractivity contribution in [3.8, 4) is 0 Å². The highest BCUT2D eigenvalue weighted by atomic mass is 16.2. The Bertz CT molecular complexity index is 267. The minimum atomic E-state index is 0.372. The molecule has 1 N–H and O–H groups in total. The minimum absolute atomic E-state index is 0.372. The second-order valence-corrected chi connectivity index (χ2v) is 5.69. The van der Waals surface area contributed by atoms with Crippen LogP contribution in [-0.2, 0) is 4.79 Å². The monoisotopic (exact) mass is 208 g/mol. The summed E-state index contributed by atoms with van der Waals surface area (Å²) >= 11 is 0. The number of piperidine rings is 2. The van der Waals surface area contributed by atoms with Crippen LogP contribution in [0.1, 0.15) is 19.8 Å². The number of carbonyl (C=O) groups excluding carboxylic acids is 1. The van der Waals surface area contributed by atoms with Gasteiger partial charge in [0.05, 0.1) is 0 Å². The fourth-order valence-electron chi connectivity index (χ4n) is 3.19. The molecule has 1 aliphatic carbocycles. The number of fused-ring (bicyclic) bond motifs is 2. The summed E-state index contributed by atoms with van der Waals surface area (Å²) in [5.74, 6) is 2.90. The highest BCUT2D eigenvalue weighted by Gasteiger charge is 2.43. The van der Waals surface area contributed by atoms with Crippen LogP contribution in [0.15, 0.2) is 0 Å². The first-order chi connectivity index (χ1) is 7.24. The summed E-state index contributed by atoms with van der Waals surface area (Å²) in [6, 6.07) is 0. The first-order valence-corrected chi connectivity index (χ1v) is 6.23. The Balaban J connectivity index is 1.64. The average Bonchev–Trinajstić information content (AvgIpc) is 2.94. The molecule has 1 amide bonds. The molecule has 3 aliphatic rings. The van der Waals surface area contributed by atoms with Crippen molar-refractivity contribution in [2.75, 3.05) is 26.2 Å². The van der Waals surface area contributed by atoms with E-state index in [1.165, 1.54) is 6.42 Å². The molecule has 2 saturated heterocycles. The van der Waals surface area contributed by atoms with Crippen molar-refractivity contribution in [3.05, 3.63) is 0 Å². The van der Waals surface area contributed by atoms with Crippen LogP contribution in [0.5, 0.6) is 0 Å². The number of rotatable bonds is 1. The number of hydrogen-bond donors (Lipinski definition) is 1. The topological polar surface area (TPSA) is 32.3 Å². The first-order valence-electron chi connectivity index (χ1n) is 6.23. The van der Waals surface area contributed by atoms with Gasteiger partial charge in [-0.25, -0.2) is 0 Å². The molecule has 3 fully saturated rings. The molecule has 2 aliphatic heterocycles. The van der Waals surface area contributed by atoms with Crippen LogP contribution < -0.4 is 5.32 Å². The molecule has 2 bridgehead atoms. The van der Waals surface area contributed by atoms with E-state index in [0.29, 0.717) is 17.7 Å². The predicted octanol–water partition coefficient (Wildman–Crippen LogP) is 0.710. The summed E-state index contributed by atoms with van der Waals surface area (Å²) in [6.07, 6.45) is 2.46. The number of carbonyl (C=O) groups is 1. The van der Waals surface area contributed by atoms with Gasteiger partial charge in [0, 0.05) is 19.0 Å². The van der Waals surface area contributed by atoms with Gasteiger partial charge in [-0.05, 0) is 43.7 Å². The fourth-order valence-corrected chi connectivity index (χ4v) is 3.19. The normalized spacial score (nSPS) is 43.9. The van der Waals surface area contributed by atoms with E-state index in [1.807, 2.05) is 0 Å². The fraction of sp³-hybridized carbons (Fsp3) is 0.917. The summed E-state index contributed by atoms with van der Waals surface area (Å²) in [5, 5.41) is 3.46. The van der Waals surface area contributed by atoms with Crippen molar-refractivity contribution in [3.63, 3.8) is 0 Å². The number of likely N-dealkylation sites (tertiary alicyclic amines) is 1. The zero-order chi connectivity index (χ0) is 10.4. The number of hydrogen-bond acceptors (Lipinski definition) is 2. The summed E-state index contributed by atoms with van der Waals surface area (Å²) in [6.45, 7) is 6.42. The van der Waals surface area contributed by atoms with Gasteiger partial charge in [0.1, 0.15) is 0 Å². The molecule has 0 aromatic rings. The van der Waals surface area contributed by atoms with E-state index in [9.17, 15) is 4.79 Å². The Hall–Kier alpha value is -0.570. The Labute approximate surface area is 91.2 Å². The quantitative estimate of drug-likeness (QED) is 0.688. The number of amides is 1. The molecular formula is C12H20N2O.